The summed E-state index contributed by atoms with van der Waals surface area (Å²) < 4.78 is 0. The number of thiazole rings is 1. The van der Waals surface area contributed by atoms with Crippen LogP contribution in [0.4, 0.5) is 5.13 Å². The second kappa shape index (κ2) is 5.46. The van der Waals surface area contributed by atoms with Crippen LogP contribution in [0.5, 0.6) is 0 Å². The molecule has 0 unspecified atom stereocenters. The summed E-state index contributed by atoms with van der Waals surface area (Å²) in [5, 5.41) is 5.91. The number of hydrogen-bond donors (Lipinski definition) is 2. The van der Waals surface area contributed by atoms with Gasteiger partial charge in [-0.25, -0.2) is 4.98 Å². The van der Waals surface area contributed by atoms with E-state index in [4.69, 9.17) is 11.6 Å². The summed E-state index contributed by atoms with van der Waals surface area (Å²) in [6, 6.07) is 0. The van der Waals surface area contributed by atoms with Gasteiger partial charge in [0.2, 0.25) is 5.91 Å². The largest absolute Gasteiger partial charge is 0.351 e. The maximum atomic E-state index is 11.7. The molecule has 5 nitrogen and oxygen atoms in total. The second-order valence-corrected chi connectivity index (χ2v) is 5.02. The molecule has 0 fully saturated rings. The lowest BCUT2D eigenvalue weighted by atomic mass is 10.2. The Morgan fingerprint density at radius 1 is 1.59 bits per heavy atom. The topological polar surface area (TPSA) is 71.1 Å². The molecular formula is C10H12ClN3O2S. The third-order valence-corrected chi connectivity index (χ3v) is 3.55. The van der Waals surface area contributed by atoms with Crippen molar-refractivity contribution >= 4 is 39.9 Å². The Bertz CT molecular complexity index is 447. The third kappa shape index (κ3) is 2.95. The summed E-state index contributed by atoms with van der Waals surface area (Å²) in [7, 11) is 0. The average molecular weight is 274 g/mol. The lowest BCUT2D eigenvalue weighted by Gasteiger charge is -1.99. The fourth-order valence-corrected chi connectivity index (χ4v) is 2.67. The van der Waals surface area contributed by atoms with E-state index in [0.29, 0.717) is 16.6 Å². The first-order valence-electron chi connectivity index (χ1n) is 5.34. The molecule has 0 radical (unpaired) electrons. The Labute approximate surface area is 108 Å². The molecule has 2 amide bonds. The van der Waals surface area contributed by atoms with Gasteiger partial charge < -0.3 is 10.6 Å². The first kappa shape index (κ1) is 12.3. The van der Waals surface area contributed by atoms with Crippen molar-refractivity contribution in [1.29, 1.82) is 0 Å². The van der Waals surface area contributed by atoms with E-state index in [9.17, 15) is 9.59 Å². The fourth-order valence-electron chi connectivity index (χ4n) is 1.56. The highest BCUT2D eigenvalue weighted by Crippen LogP contribution is 2.25. The van der Waals surface area contributed by atoms with Gasteiger partial charge >= 0.3 is 0 Å². The number of rotatable bonds is 3. The summed E-state index contributed by atoms with van der Waals surface area (Å²) in [4.78, 5) is 27.9. The first-order valence-corrected chi connectivity index (χ1v) is 6.69. The summed E-state index contributed by atoms with van der Waals surface area (Å²) in [5.41, 5.74) is 0.770. The van der Waals surface area contributed by atoms with E-state index in [2.05, 4.69) is 15.6 Å². The summed E-state index contributed by atoms with van der Waals surface area (Å²) in [6.45, 7) is 0.676. The number of amides is 2. The Morgan fingerprint density at radius 2 is 2.41 bits per heavy atom. The zero-order chi connectivity index (χ0) is 12.3. The highest BCUT2D eigenvalue weighted by Gasteiger charge is 2.20. The zero-order valence-electron chi connectivity index (χ0n) is 9.09. The molecule has 17 heavy (non-hydrogen) atoms. The Hall–Kier alpha value is -1.14. The number of fused-ring (bicyclic) bond motifs is 1. The molecule has 92 valence electrons. The molecule has 2 N–H and O–H groups in total. The SMILES string of the molecule is O=C(CCCl)Nc1nc2c(s1)C(=O)NCCC2. The molecule has 1 aliphatic rings. The normalized spacial score (nSPS) is 14.8. The molecule has 0 aromatic carbocycles. The van der Waals surface area contributed by atoms with Crippen LogP contribution in [-0.4, -0.2) is 29.2 Å². The van der Waals surface area contributed by atoms with Gasteiger partial charge in [0.05, 0.1) is 5.69 Å². The number of hydrogen-bond acceptors (Lipinski definition) is 4. The van der Waals surface area contributed by atoms with Gasteiger partial charge in [-0.1, -0.05) is 11.3 Å². The first-order chi connectivity index (χ1) is 8.20. The molecular weight excluding hydrogens is 262 g/mol. The van der Waals surface area contributed by atoms with Crippen molar-refractivity contribution in [3.63, 3.8) is 0 Å². The molecule has 1 aliphatic heterocycles. The van der Waals surface area contributed by atoms with Crippen molar-refractivity contribution in [2.45, 2.75) is 19.3 Å². The molecule has 0 spiro atoms. The molecule has 1 aromatic heterocycles. The van der Waals surface area contributed by atoms with Crippen LogP contribution >= 0.6 is 22.9 Å². The van der Waals surface area contributed by atoms with Gasteiger partial charge in [0.1, 0.15) is 4.88 Å². The standard InChI is InChI=1S/C10H12ClN3O2S/c11-4-3-7(15)14-10-13-6-2-1-5-12-9(16)8(6)17-10/h1-5H2,(H,12,16)(H,13,14,15). The third-order valence-electron chi connectivity index (χ3n) is 2.35. The van der Waals surface area contributed by atoms with Gasteiger partial charge in [-0.15, -0.1) is 11.6 Å². The maximum Gasteiger partial charge on any atom is 0.263 e. The van der Waals surface area contributed by atoms with Gasteiger partial charge in [0, 0.05) is 18.8 Å². The van der Waals surface area contributed by atoms with Crippen LogP contribution in [0, 0.1) is 0 Å². The molecule has 0 atom stereocenters. The smallest absolute Gasteiger partial charge is 0.263 e. The molecule has 1 aromatic rings. The lowest BCUT2D eigenvalue weighted by Crippen LogP contribution is -2.21. The number of nitrogens with zero attached hydrogens (tertiary/aromatic N) is 1. The number of halogens is 1. The van der Waals surface area contributed by atoms with Crippen LogP contribution in [0.2, 0.25) is 0 Å². The van der Waals surface area contributed by atoms with Gasteiger partial charge in [0.15, 0.2) is 5.13 Å². The van der Waals surface area contributed by atoms with Crippen molar-refractivity contribution < 1.29 is 9.59 Å². The predicted molar refractivity (Wildman–Crippen MR) is 66.7 cm³/mol. The number of aryl methyl sites for hydroxylation is 1. The summed E-state index contributed by atoms with van der Waals surface area (Å²) >= 11 is 6.68. The maximum absolute atomic E-state index is 11.7. The zero-order valence-corrected chi connectivity index (χ0v) is 10.7. The van der Waals surface area contributed by atoms with Gasteiger partial charge in [-0.3, -0.25) is 9.59 Å². The molecule has 0 saturated heterocycles. The predicted octanol–water partition coefficient (Wildman–Crippen LogP) is 1.39. The van der Waals surface area contributed by atoms with Crippen LogP contribution in [0.25, 0.3) is 0 Å². The Kier molecular flexibility index (Phi) is 3.96. The van der Waals surface area contributed by atoms with Crippen molar-refractivity contribution in [3.8, 4) is 0 Å². The Balaban J connectivity index is 2.14. The van der Waals surface area contributed by atoms with E-state index in [1.165, 1.54) is 11.3 Å². The Morgan fingerprint density at radius 3 is 3.18 bits per heavy atom. The van der Waals surface area contributed by atoms with Crippen LogP contribution in [0.15, 0.2) is 0 Å². The quantitative estimate of drug-likeness (QED) is 0.818. The lowest BCUT2D eigenvalue weighted by molar-refractivity contribution is -0.115. The fraction of sp³-hybridized carbons (Fsp3) is 0.500. The number of aromatic nitrogens is 1. The van der Waals surface area contributed by atoms with E-state index >= 15 is 0 Å². The number of alkyl halides is 1. The highest BCUT2D eigenvalue weighted by molar-refractivity contribution is 7.17. The van der Waals surface area contributed by atoms with Crippen LogP contribution < -0.4 is 10.6 Å². The minimum Gasteiger partial charge on any atom is -0.351 e. The van der Waals surface area contributed by atoms with Crippen molar-refractivity contribution in [2.75, 3.05) is 17.7 Å². The monoisotopic (exact) mass is 273 g/mol. The molecule has 2 rings (SSSR count). The van der Waals surface area contributed by atoms with Crippen molar-refractivity contribution in [2.24, 2.45) is 0 Å². The molecule has 0 saturated carbocycles. The van der Waals surface area contributed by atoms with Crippen LogP contribution in [-0.2, 0) is 11.2 Å². The number of anilines is 1. The van der Waals surface area contributed by atoms with E-state index < -0.39 is 0 Å². The molecule has 2 heterocycles. The number of carbonyl (C=O) groups excluding carboxylic acids is 2. The average Bonchev–Trinajstić information content (AvgIpc) is 2.60. The molecule has 0 aliphatic carbocycles. The van der Waals surface area contributed by atoms with Crippen LogP contribution in [0.1, 0.15) is 28.2 Å². The summed E-state index contributed by atoms with van der Waals surface area (Å²) in [5.74, 6) is -0.00520. The van der Waals surface area contributed by atoms with E-state index in [1.807, 2.05) is 0 Å². The van der Waals surface area contributed by atoms with E-state index in [0.717, 1.165) is 18.5 Å². The van der Waals surface area contributed by atoms with E-state index in [1.54, 1.807) is 0 Å². The molecule has 0 bridgehead atoms. The van der Waals surface area contributed by atoms with Crippen molar-refractivity contribution in [1.82, 2.24) is 10.3 Å². The summed E-state index contributed by atoms with van der Waals surface area (Å²) in [6.07, 6.45) is 1.88. The van der Waals surface area contributed by atoms with Gasteiger partial charge in [-0.2, -0.15) is 0 Å². The minimum atomic E-state index is -0.177. The van der Waals surface area contributed by atoms with E-state index in [-0.39, 0.29) is 24.1 Å². The van der Waals surface area contributed by atoms with Crippen LogP contribution in [0.3, 0.4) is 0 Å². The number of carbonyl (C=O) groups is 2. The van der Waals surface area contributed by atoms with Gasteiger partial charge in [0.25, 0.3) is 5.91 Å². The van der Waals surface area contributed by atoms with Crippen molar-refractivity contribution in [3.05, 3.63) is 10.6 Å². The molecule has 7 heteroatoms. The minimum absolute atomic E-state index is 0.104. The second-order valence-electron chi connectivity index (χ2n) is 3.64. The highest BCUT2D eigenvalue weighted by atomic mass is 35.5. The number of nitrogens with one attached hydrogen (secondary N) is 2. The van der Waals surface area contributed by atoms with Gasteiger partial charge in [-0.05, 0) is 12.8 Å².